The van der Waals surface area contributed by atoms with Crippen molar-refractivity contribution in [1.82, 2.24) is 10.2 Å². The molecule has 0 aromatic carbocycles. The molecule has 4 aliphatic rings. The molecule has 324 valence electrons. The Bertz CT molecular complexity index is 1370. The zero-order valence-electron chi connectivity index (χ0n) is 36.0. The second-order valence-electron chi connectivity index (χ2n) is 17.2. The van der Waals surface area contributed by atoms with E-state index in [9.17, 15) is 24.9 Å². The number of esters is 1. The summed E-state index contributed by atoms with van der Waals surface area (Å²) in [7, 11) is 4.99. The number of amides is 1. The van der Waals surface area contributed by atoms with Crippen molar-refractivity contribution in [2.75, 3.05) is 27.8 Å². The topological polar surface area (TPSA) is 196 Å². The quantitative estimate of drug-likeness (QED) is 0.262. The molecular weight excluding hydrogens is 730 g/mol. The molecule has 16 nitrogen and oxygen atoms in total. The maximum atomic E-state index is 14.3. The molecule has 0 bridgehead atoms. The van der Waals surface area contributed by atoms with E-state index in [1.807, 2.05) is 39.6 Å². The molecule has 0 radical (unpaired) electrons. The lowest BCUT2D eigenvalue weighted by atomic mass is 9.77. The van der Waals surface area contributed by atoms with Crippen LogP contribution in [0, 0.1) is 17.8 Å². The van der Waals surface area contributed by atoms with Crippen molar-refractivity contribution in [3.63, 3.8) is 0 Å². The second-order valence-corrected chi connectivity index (χ2v) is 17.2. The molecule has 4 heterocycles. The van der Waals surface area contributed by atoms with Gasteiger partial charge in [-0.2, -0.15) is 0 Å². The Morgan fingerprint density at radius 3 is 2.14 bits per heavy atom. The maximum Gasteiger partial charge on any atom is 0.311 e. The van der Waals surface area contributed by atoms with Gasteiger partial charge in [0.05, 0.1) is 53.6 Å². The fourth-order valence-electron chi connectivity index (χ4n) is 9.03. The maximum absolute atomic E-state index is 14.3. The molecule has 4 fully saturated rings. The first-order valence-corrected chi connectivity index (χ1v) is 20.3. The van der Waals surface area contributed by atoms with Gasteiger partial charge >= 0.3 is 5.97 Å². The molecule has 0 unspecified atom stereocenters. The van der Waals surface area contributed by atoms with E-state index in [1.165, 1.54) is 14.0 Å². The average Bonchev–Trinajstić information content (AvgIpc) is 3.46. The van der Waals surface area contributed by atoms with Crippen molar-refractivity contribution >= 4 is 17.9 Å². The number of aliphatic hydroxyl groups is 3. The largest absolute Gasteiger partial charge is 0.459 e. The van der Waals surface area contributed by atoms with Gasteiger partial charge in [0.1, 0.15) is 23.9 Å². The molecule has 0 spiro atoms. The molecule has 1 amide bonds. The summed E-state index contributed by atoms with van der Waals surface area (Å²) in [6.07, 6.45) is -7.72. The van der Waals surface area contributed by atoms with Gasteiger partial charge in [0.15, 0.2) is 18.7 Å². The summed E-state index contributed by atoms with van der Waals surface area (Å²) in [5.74, 6) is -3.46. The van der Waals surface area contributed by atoms with Gasteiger partial charge in [0.25, 0.3) is 6.02 Å². The van der Waals surface area contributed by atoms with Gasteiger partial charge in [-0.15, -0.1) is 0 Å². The highest BCUT2D eigenvalue weighted by Crippen LogP contribution is 2.42. The van der Waals surface area contributed by atoms with Crippen LogP contribution >= 0.6 is 0 Å². The molecule has 4 rings (SSSR count). The van der Waals surface area contributed by atoms with E-state index >= 15 is 0 Å². The Morgan fingerprint density at radius 1 is 0.911 bits per heavy atom. The number of fused-ring (bicyclic) bond motifs is 1. The third-order valence-corrected chi connectivity index (χ3v) is 12.8. The van der Waals surface area contributed by atoms with E-state index in [-0.39, 0.29) is 37.3 Å². The minimum Gasteiger partial charge on any atom is -0.459 e. The van der Waals surface area contributed by atoms with Crippen LogP contribution in [0.1, 0.15) is 102 Å². The summed E-state index contributed by atoms with van der Waals surface area (Å²) >= 11 is 0. The number of nitrogens with one attached hydrogen (secondary N) is 1. The first kappa shape index (κ1) is 46.5. The van der Waals surface area contributed by atoms with Gasteiger partial charge in [-0.05, 0) is 74.7 Å². The zero-order chi connectivity index (χ0) is 42.1. The number of amidine groups is 1. The van der Waals surface area contributed by atoms with Crippen molar-refractivity contribution in [3.8, 4) is 0 Å². The predicted octanol–water partition coefficient (Wildman–Crippen LogP) is 2.52. The number of aliphatic hydroxyl groups excluding tert-OH is 2. The van der Waals surface area contributed by atoms with Crippen LogP contribution in [0.4, 0.5) is 0 Å². The molecule has 18 atom stereocenters. The van der Waals surface area contributed by atoms with Crippen molar-refractivity contribution in [2.24, 2.45) is 22.7 Å². The minimum absolute atomic E-state index is 0.104. The number of rotatable bonds is 8. The highest BCUT2D eigenvalue weighted by atomic mass is 16.7. The Kier molecular flexibility index (Phi) is 15.3. The number of nitrogens with zero attached hydrogens (tertiary/aromatic N) is 2. The molecule has 0 aromatic heterocycles. The third-order valence-electron chi connectivity index (χ3n) is 12.8. The lowest BCUT2D eigenvalue weighted by Crippen LogP contribution is -2.60. The molecular formula is C40H71N3O13. The van der Waals surface area contributed by atoms with Gasteiger partial charge in [-0.25, -0.2) is 4.99 Å². The van der Waals surface area contributed by atoms with Crippen molar-refractivity contribution in [2.45, 2.75) is 192 Å². The first-order chi connectivity index (χ1) is 26.1. The van der Waals surface area contributed by atoms with Crippen LogP contribution < -0.4 is 5.32 Å². The van der Waals surface area contributed by atoms with E-state index in [2.05, 4.69) is 10.3 Å². The van der Waals surface area contributed by atoms with Gasteiger partial charge in [0, 0.05) is 46.1 Å². The van der Waals surface area contributed by atoms with Crippen LogP contribution in [-0.2, 0) is 47.5 Å². The summed E-state index contributed by atoms with van der Waals surface area (Å²) in [5, 5.41) is 36.9. The SMILES string of the molecule is CCN=C1O[C@H]2[C@H](O[C@@H]3[C@@H](C)[C@H](O[C@H]4C[C@@](C)(OC)[C@@H](O)[C@H](C)O4)[C@@H](C)C(=O)O[C@H](CC)[C@@](C)(O)[C@H](O)[C@@H](C)NC(=O)[C@H](C)C[C@@]3(C)OC)O[C@H](C)C[C@@H]2N1C. The summed E-state index contributed by atoms with van der Waals surface area (Å²) in [6.45, 7) is 19.8. The number of ether oxygens (including phenoxy) is 8. The molecule has 4 saturated heterocycles. The summed E-state index contributed by atoms with van der Waals surface area (Å²) in [6, 6.07) is -0.523. The number of carbonyl (C=O) groups excluding carboxylic acids is 2. The molecule has 16 heteroatoms. The monoisotopic (exact) mass is 801 g/mol. The number of cyclic esters (lactones) is 1. The highest BCUT2D eigenvalue weighted by molar-refractivity contribution is 5.79. The number of hydrogen-bond acceptors (Lipinski definition) is 14. The van der Waals surface area contributed by atoms with E-state index in [4.69, 9.17) is 37.9 Å². The normalized spacial score (nSPS) is 48.0. The number of hydrogen-bond donors (Lipinski definition) is 4. The van der Waals surface area contributed by atoms with E-state index in [0.29, 0.717) is 19.0 Å². The zero-order valence-corrected chi connectivity index (χ0v) is 36.0. The van der Waals surface area contributed by atoms with Crippen LogP contribution in [0.3, 0.4) is 0 Å². The highest BCUT2D eigenvalue weighted by Gasteiger charge is 2.55. The Hall–Kier alpha value is -2.15. The van der Waals surface area contributed by atoms with Crippen LogP contribution in [-0.4, -0.2) is 156 Å². The minimum atomic E-state index is -1.94. The van der Waals surface area contributed by atoms with Crippen molar-refractivity contribution in [1.29, 1.82) is 0 Å². The van der Waals surface area contributed by atoms with Gasteiger partial charge < -0.3 is 63.4 Å². The van der Waals surface area contributed by atoms with E-state index < -0.39 is 102 Å². The van der Waals surface area contributed by atoms with E-state index in [1.54, 1.807) is 48.7 Å². The van der Waals surface area contributed by atoms with Crippen LogP contribution in [0.25, 0.3) is 0 Å². The van der Waals surface area contributed by atoms with Gasteiger partial charge in [-0.3, -0.25) is 9.59 Å². The average molecular weight is 802 g/mol. The van der Waals surface area contributed by atoms with Crippen LogP contribution in [0.5, 0.6) is 0 Å². The number of likely N-dealkylation sites (N-methyl/N-ethyl adjacent to an activating group) is 1. The lowest BCUT2D eigenvalue weighted by molar-refractivity contribution is -0.315. The van der Waals surface area contributed by atoms with Crippen LogP contribution in [0.2, 0.25) is 0 Å². The second kappa shape index (κ2) is 18.4. The Balaban J connectivity index is 1.87. The fraction of sp³-hybridized carbons (Fsp3) is 0.925. The smallest absolute Gasteiger partial charge is 0.311 e. The molecule has 56 heavy (non-hydrogen) atoms. The Morgan fingerprint density at radius 2 is 1.55 bits per heavy atom. The number of aliphatic imine (C=N–C) groups is 1. The Labute approximate surface area is 333 Å². The standard InChI is InChI=1S/C40H71N3O13/c1-15-27-40(11,48)31(44)24(7)42-34(46)20(3)18-39(10,50-14)33(56-36-30-26(17-21(4)51-36)43(12)37(55-30)41-16-2)22(5)29(23(6)35(47)53-27)54-28-19-38(9,49-13)32(45)25(8)52-28/h20-33,36,44-45,48H,15-19H2,1-14H3,(H,42,46)/t20-,21-,22+,23-,24-,25+,26+,27-,28+,29+,30-,31-,32+,33-,36+,38-,39-,40-/m1/s1. The summed E-state index contributed by atoms with van der Waals surface area (Å²) < 4.78 is 51.2. The molecule has 0 aromatic rings. The summed E-state index contributed by atoms with van der Waals surface area (Å²) in [4.78, 5) is 34.7. The first-order valence-electron chi connectivity index (χ1n) is 20.3. The number of carbonyl (C=O) groups is 2. The van der Waals surface area contributed by atoms with Gasteiger partial charge in [0.2, 0.25) is 5.91 Å². The van der Waals surface area contributed by atoms with Gasteiger partial charge in [-0.1, -0.05) is 20.8 Å². The van der Waals surface area contributed by atoms with Crippen molar-refractivity contribution < 1.29 is 62.8 Å². The fourth-order valence-corrected chi connectivity index (χ4v) is 9.03. The number of methoxy groups -OCH3 is 2. The summed E-state index contributed by atoms with van der Waals surface area (Å²) in [5.41, 5.74) is -4.19. The lowest BCUT2D eigenvalue weighted by Gasteiger charge is -2.49. The third kappa shape index (κ3) is 9.49. The molecule has 0 saturated carbocycles. The predicted molar refractivity (Wildman–Crippen MR) is 205 cm³/mol. The van der Waals surface area contributed by atoms with E-state index in [0.717, 1.165) is 0 Å². The molecule has 0 aliphatic carbocycles. The van der Waals surface area contributed by atoms with Crippen LogP contribution in [0.15, 0.2) is 4.99 Å². The van der Waals surface area contributed by atoms with Crippen molar-refractivity contribution in [3.05, 3.63) is 0 Å². The molecule has 4 aliphatic heterocycles. The molecule has 4 N–H and O–H groups in total.